The Morgan fingerprint density at radius 2 is 1.50 bits per heavy atom. The fourth-order valence-electron chi connectivity index (χ4n) is 3.62. The van der Waals surface area contributed by atoms with E-state index in [0.717, 1.165) is 24.3 Å². The van der Waals surface area contributed by atoms with Crippen molar-refractivity contribution in [3.05, 3.63) is 95.1 Å². The first-order chi connectivity index (χ1) is 15.9. The van der Waals surface area contributed by atoms with Crippen LogP contribution in [0.15, 0.2) is 72.8 Å². The van der Waals surface area contributed by atoms with Gasteiger partial charge in [0.05, 0.1) is 17.1 Å². The van der Waals surface area contributed by atoms with Crippen LogP contribution < -0.4 is 0 Å². The molecule has 182 valence electrons. The molecule has 1 heterocycles. The molecule has 0 aliphatic heterocycles. The predicted molar refractivity (Wildman–Crippen MR) is 127 cm³/mol. The fraction of sp³-hybridized carbons (Fsp3) is 0.182. The molecule has 0 bridgehead atoms. The van der Waals surface area contributed by atoms with Gasteiger partial charge in [-0.2, -0.15) is 22.0 Å². The van der Waals surface area contributed by atoms with Crippen molar-refractivity contribution in [3.8, 4) is 0 Å². The summed E-state index contributed by atoms with van der Waals surface area (Å²) in [5, 5.41) is 8.17. The molecule has 36 heavy (non-hydrogen) atoms. The average molecular weight is 545 g/mol. The van der Waals surface area contributed by atoms with E-state index < -0.39 is 36.6 Å². The molecule has 0 saturated carbocycles. The summed E-state index contributed by atoms with van der Waals surface area (Å²) in [6.45, 7) is 0. The zero-order valence-electron chi connectivity index (χ0n) is 17.2. The summed E-state index contributed by atoms with van der Waals surface area (Å²) in [5.41, 5.74) is -4.29. The van der Waals surface area contributed by atoms with E-state index in [1.54, 1.807) is 24.3 Å². The number of para-hydroxylation sites is 1. The van der Waals surface area contributed by atoms with E-state index in [-0.39, 0.29) is 71.1 Å². The minimum atomic E-state index is -5.73. The van der Waals surface area contributed by atoms with Gasteiger partial charge in [-0.1, -0.05) is 53.7 Å². The Morgan fingerprint density at radius 3 is 2.11 bits per heavy atom. The second kappa shape index (κ2) is 11.7. The quantitative estimate of drug-likeness (QED) is 0.215. The summed E-state index contributed by atoms with van der Waals surface area (Å²) >= 11 is 0. The predicted octanol–water partition coefficient (Wildman–Crippen LogP) is 4.21. The molecule has 14 heteroatoms. The average Bonchev–Trinajstić information content (AvgIpc) is 3.20. The van der Waals surface area contributed by atoms with Crippen LogP contribution in [0.25, 0.3) is 11.0 Å². The van der Waals surface area contributed by atoms with Crippen LogP contribution in [0.1, 0.15) is 28.3 Å². The van der Waals surface area contributed by atoms with Gasteiger partial charge in [0, 0.05) is 5.56 Å². The molecule has 0 saturated heterocycles. The van der Waals surface area contributed by atoms with Gasteiger partial charge in [-0.05, 0) is 41.8 Å². The third-order valence-electron chi connectivity index (χ3n) is 5.37. The van der Waals surface area contributed by atoms with Gasteiger partial charge in [-0.3, -0.25) is 4.57 Å². The molecule has 1 unspecified atom stereocenters. The summed E-state index contributed by atoms with van der Waals surface area (Å²) in [6, 6.07) is 15.1. The monoisotopic (exact) mass is 545 g/mol. The SMILES string of the molecule is O=P(O)(O)C(F)(F)c1ccc(CC(c2cccc(C(F)(F)F)c2)n2nnc3ccccc32)cc1.[NaH].[NaH]. The number of nitrogens with zero attached hydrogens (tertiary/aromatic N) is 3. The molecule has 1 atom stereocenters. The van der Waals surface area contributed by atoms with Crippen molar-refractivity contribution >= 4 is 77.7 Å². The van der Waals surface area contributed by atoms with Crippen molar-refractivity contribution in [3.63, 3.8) is 0 Å². The summed E-state index contributed by atoms with van der Waals surface area (Å²) in [6.07, 6.45) is -4.52. The molecule has 1 aromatic heterocycles. The van der Waals surface area contributed by atoms with Crippen LogP contribution in [-0.4, -0.2) is 83.9 Å². The van der Waals surface area contributed by atoms with Gasteiger partial charge in [0.1, 0.15) is 5.52 Å². The van der Waals surface area contributed by atoms with Crippen LogP contribution in [0.3, 0.4) is 0 Å². The topological polar surface area (TPSA) is 88.2 Å². The van der Waals surface area contributed by atoms with E-state index in [1.807, 2.05) is 0 Å². The number of rotatable bonds is 6. The standard InChI is InChI=1S/C22H17F5N3O3P.2Na.2H/c23-21(24,25)17-5-3-4-15(13-17)20(30-19-7-2-1-6-18(19)28-29-30)12-14-8-10-16(11-9-14)22(26,27)34(31,32)33;;;;/h1-11,13,20H,12H2,(H2,31,32,33);;;;. The second-order valence-corrected chi connectivity index (χ2v) is 9.30. The van der Waals surface area contributed by atoms with Crippen molar-refractivity contribution < 1.29 is 36.3 Å². The zero-order chi connectivity index (χ0) is 24.7. The Morgan fingerprint density at radius 1 is 0.861 bits per heavy atom. The van der Waals surface area contributed by atoms with Crippen molar-refractivity contribution in [2.24, 2.45) is 0 Å². The number of fused-ring (bicyclic) bond motifs is 1. The number of aromatic nitrogens is 3. The van der Waals surface area contributed by atoms with Crippen LogP contribution in [0.2, 0.25) is 0 Å². The molecular formula is C22H19F5N3Na2O3P. The first kappa shape index (κ1) is 31.1. The van der Waals surface area contributed by atoms with Crippen LogP contribution in [-0.2, 0) is 22.8 Å². The number of hydrogen-bond donors (Lipinski definition) is 2. The Bertz CT molecular complexity index is 1380. The Kier molecular flexibility index (Phi) is 10.1. The zero-order valence-corrected chi connectivity index (χ0v) is 18.1. The normalized spacial score (nSPS) is 13.1. The maximum atomic E-state index is 14.0. The van der Waals surface area contributed by atoms with Gasteiger partial charge in [-0.15, -0.1) is 5.10 Å². The number of hydrogen-bond acceptors (Lipinski definition) is 3. The molecule has 4 aromatic rings. The fourth-order valence-corrected chi connectivity index (χ4v) is 4.10. The molecule has 0 aliphatic carbocycles. The first-order valence-electron chi connectivity index (χ1n) is 9.88. The molecule has 3 aromatic carbocycles. The van der Waals surface area contributed by atoms with E-state index in [2.05, 4.69) is 10.3 Å². The third kappa shape index (κ3) is 6.46. The van der Waals surface area contributed by atoms with Gasteiger partial charge >= 0.3 is 78.6 Å². The summed E-state index contributed by atoms with van der Waals surface area (Å²) in [5.74, 6) is 0. The molecule has 6 nitrogen and oxygen atoms in total. The van der Waals surface area contributed by atoms with Crippen LogP contribution in [0.5, 0.6) is 0 Å². The first-order valence-corrected chi connectivity index (χ1v) is 11.5. The summed E-state index contributed by atoms with van der Waals surface area (Å²) in [7, 11) is -5.73. The molecule has 2 N–H and O–H groups in total. The molecule has 0 radical (unpaired) electrons. The molecule has 0 aliphatic rings. The van der Waals surface area contributed by atoms with E-state index >= 15 is 0 Å². The van der Waals surface area contributed by atoms with Gasteiger partial charge in [0.2, 0.25) is 0 Å². The van der Waals surface area contributed by atoms with Crippen LogP contribution in [0.4, 0.5) is 22.0 Å². The van der Waals surface area contributed by atoms with E-state index in [4.69, 9.17) is 9.79 Å². The molecule has 0 spiro atoms. The van der Waals surface area contributed by atoms with Gasteiger partial charge < -0.3 is 9.79 Å². The number of benzene rings is 3. The Labute approximate surface area is 246 Å². The van der Waals surface area contributed by atoms with E-state index in [0.29, 0.717) is 16.6 Å². The van der Waals surface area contributed by atoms with Gasteiger partial charge in [0.25, 0.3) is 0 Å². The molecule has 4 rings (SSSR count). The number of halogens is 5. The van der Waals surface area contributed by atoms with Crippen LogP contribution >= 0.6 is 7.60 Å². The van der Waals surface area contributed by atoms with Crippen molar-refractivity contribution in [1.82, 2.24) is 15.0 Å². The molecule has 0 fully saturated rings. The second-order valence-electron chi connectivity index (χ2n) is 7.65. The third-order valence-corrected chi connectivity index (χ3v) is 6.36. The summed E-state index contributed by atoms with van der Waals surface area (Å²) in [4.78, 5) is 17.9. The minimum absolute atomic E-state index is 0. The molecule has 0 amide bonds. The maximum absolute atomic E-state index is 14.0. The van der Waals surface area contributed by atoms with Gasteiger partial charge in [0.15, 0.2) is 0 Å². The summed E-state index contributed by atoms with van der Waals surface area (Å²) < 4.78 is 80.6. The van der Waals surface area contributed by atoms with Crippen molar-refractivity contribution in [2.45, 2.75) is 24.3 Å². The molecular weight excluding hydrogens is 526 g/mol. The van der Waals surface area contributed by atoms with Crippen molar-refractivity contribution in [1.29, 1.82) is 0 Å². The Hall–Kier alpha value is -1.14. The Balaban J connectivity index is 0.00000228. The van der Waals surface area contributed by atoms with Crippen LogP contribution in [0, 0.1) is 0 Å². The van der Waals surface area contributed by atoms with E-state index in [1.165, 1.54) is 28.9 Å². The number of alkyl halides is 5. The van der Waals surface area contributed by atoms with E-state index in [9.17, 15) is 26.5 Å². The van der Waals surface area contributed by atoms with Crippen molar-refractivity contribution in [2.75, 3.05) is 0 Å². The van der Waals surface area contributed by atoms with Gasteiger partial charge in [-0.25, -0.2) is 4.68 Å².